The summed E-state index contributed by atoms with van der Waals surface area (Å²) in [6.45, 7) is 7.55. The summed E-state index contributed by atoms with van der Waals surface area (Å²) in [5, 5.41) is 2.54. The molecule has 1 aromatic rings. The summed E-state index contributed by atoms with van der Waals surface area (Å²) in [5.41, 5.74) is 0.958. The predicted molar refractivity (Wildman–Crippen MR) is 85.5 cm³/mol. The molecule has 1 heterocycles. The smallest absolute Gasteiger partial charge is 0.321 e. The van der Waals surface area contributed by atoms with E-state index in [0.29, 0.717) is 5.56 Å². The van der Waals surface area contributed by atoms with Gasteiger partial charge >= 0.3 is 6.03 Å². The number of nitrogens with one attached hydrogen (secondary N) is 1. The second-order valence-corrected chi connectivity index (χ2v) is 7.97. The summed E-state index contributed by atoms with van der Waals surface area (Å²) in [6, 6.07) is 8.88. The highest BCUT2D eigenvalue weighted by Gasteiger charge is 2.51. The number of fused-ring (bicyclic) bond motifs is 2. The quantitative estimate of drug-likeness (QED) is 0.863. The van der Waals surface area contributed by atoms with Crippen molar-refractivity contribution in [1.29, 1.82) is 0 Å². The number of carbonyl (C=O) groups excluding carboxylic acids is 2. The van der Waals surface area contributed by atoms with E-state index >= 15 is 0 Å². The zero-order chi connectivity index (χ0) is 16.0. The third kappa shape index (κ3) is 2.87. The van der Waals surface area contributed by atoms with Gasteiger partial charge in [0, 0.05) is 18.2 Å². The fourth-order valence-electron chi connectivity index (χ4n) is 4.53. The molecule has 1 N–H and O–H groups in total. The molecule has 0 aromatic heterocycles. The average Bonchev–Trinajstić information content (AvgIpc) is 2.69. The molecule has 0 radical (unpaired) electrons. The van der Waals surface area contributed by atoms with Crippen molar-refractivity contribution in [2.24, 2.45) is 10.8 Å². The number of hydrogen-bond acceptors (Lipinski definition) is 2. The molecule has 118 valence electrons. The van der Waals surface area contributed by atoms with Crippen molar-refractivity contribution in [3.8, 4) is 0 Å². The van der Waals surface area contributed by atoms with Crippen LogP contribution in [0.15, 0.2) is 30.3 Å². The Kier molecular flexibility index (Phi) is 3.50. The maximum absolute atomic E-state index is 12.5. The van der Waals surface area contributed by atoms with E-state index < -0.39 is 0 Å². The van der Waals surface area contributed by atoms with E-state index in [1.165, 1.54) is 0 Å². The van der Waals surface area contributed by atoms with E-state index in [-0.39, 0.29) is 28.8 Å². The van der Waals surface area contributed by atoms with E-state index in [1.807, 2.05) is 11.0 Å². The van der Waals surface area contributed by atoms with E-state index in [0.717, 1.165) is 25.8 Å². The fraction of sp³-hybridized carbons (Fsp3) is 0.556. The third-order valence-electron chi connectivity index (χ3n) is 4.93. The largest absolute Gasteiger partial charge is 0.324 e. The number of amides is 3. The SMILES string of the molecule is CC1(C)C[C@H]2C[C@](C)(CN2C(=O)NC(=O)c2ccccc2)C1. The molecule has 0 unspecified atom stereocenters. The van der Waals surface area contributed by atoms with Gasteiger partial charge in [-0.2, -0.15) is 0 Å². The fourth-order valence-corrected chi connectivity index (χ4v) is 4.53. The molecule has 2 fully saturated rings. The molecule has 1 aliphatic heterocycles. The predicted octanol–water partition coefficient (Wildman–Crippen LogP) is 3.44. The Balaban J connectivity index is 1.70. The number of rotatable bonds is 1. The maximum atomic E-state index is 12.5. The van der Waals surface area contributed by atoms with Gasteiger partial charge < -0.3 is 4.90 Å². The van der Waals surface area contributed by atoms with Crippen LogP contribution in [0.25, 0.3) is 0 Å². The van der Waals surface area contributed by atoms with Crippen molar-refractivity contribution in [2.75, 3.05) is 6.54 Å². The topological polar surface area (TPSA) is 49.4 Å². The van der Waals surface area contributed by atoms with Crippen molar-refractivity contribution in [3.05, 3.63) is 35.9 Å². The summed E-state index contributed by atoms with van der Waals surface area (Å²) in [6.07, 6.45) is 3.19. The van der Waals surface area contributed by atoms with Crippen LogP contribution in [0.1, 0.15) is 50.4 Å². The Hall–Kier alpha value is -1.84. The van der Waals surface area contributed by atoms with Crippen LogP contribution < -0.4 is 5.32 Å². The molecule has 2 bridgehead atoms. The van der Waals surface area contributed by atoms with Gasteiger partial charge in [0.05, 0.1) is 0 Å². The molecule has 1 aromatic carbocycles. The highest BCUT2D eigenvalue weighted by atomic mass is 16.2. The Morgan fingerprint density at radius 3 is 2.50 bits per heavy atom. The summed E-state index contributed by atoms with van der Waals surface area (Å²) in [5.74, 6) is -0.323. The van der Waals surface area contributed by atoms with Crippen LogP contribution in [0.2, 0.25) is 0 Å². The van der Waals surface area contributed by atoms with Gasteiger partial charge in [-0.1, -0.05) is 39.0 Å². The van der Waals surface area contributed by atoms with Crippen molar-refractivity contribution in [2.45, 2.75) is 46.1 Å². The van der Waals surface area contributed by atoms with Gasteiger partial charge in [0.25, 0.3) is 5.91 Å². The van der Waals surface area contributed by atoms with Gasteiger partial charge in [-0.15, -0.1) is 0 Å². The molecule has 2 aliphatic rings. The van der Waals surface area contributed by atoms with E-state index in [9.17, 15) is 9.59 Å². The Labute approximate surface area is 131 Å². The van der Waals surface area contributed by atoms with Crippen LogP contribution in [0.4, 0.5) is 4.79 Å². The summed E-state index contributed by atoms with van der Waals surface area (Å²) in [4.78, 5) is 26.5. The van der Waals surface area contributed by atoms with Gasteiger partial charge in [-0.05, 0) is 42.2 Å². The highest BCUT2D eigenvalue weighted by molar-refractivity contribution is 6.04. The second kappa shape index (κ2) is 5.11. The van der Waals surface area contributed by atoms with Gasteiger partial charge in [0.1, 0.15) is 0 Å². The lowest BCUT2D eigenvalue weighted by atomic mass is 9.65. The van der Waals surface area contributed by atoms with Crippen LogP contribution in [-0.2, 0) is 0 Å². The van der Waals surface area contributed by atoms with Gasteiger partial charge in [-0.25, -0.2) is 4.79 Å². The zero-order valence-electron chi connectivity index (χ0n) is 13.6. The number of hydrogen-bond donors (Lipinski definition) is 1. The number of nitrogens with zero attached hydrogens (tertiary/aromatic N) is 1. The first-order chi connectivity index (χ1) is 10.3. The molecule has 0 spiro atoms. The summed E-state index contributed by atoms with van der Waals surface area (Å²) in [7, 11) is 0. The molecule has 3 rings (SSSR count). The van der Waals surface area contributed by atoms with Crippen LogP contribution in [0, 0.1) is 10.8 Å². The lowest BCUT2D eigenvalue weighted by Crippen LogP contribution is -2.45. The number of likely N-dealkylation sites (tertiary alicyclic amines) is 1. The number of carbonyl (C=O) groups is 2. The molecule has 2 atom stereocenters. The number of benzene rings is 1. The average molecular weight is 300 g/mol. The lowest BCUT2D eigenvalue weighted by Gasteiger charge is -2.39. The number of urea groups is 1. The van der Waals surface area contributed by atoms with Gasteiger partial charge in [-0.3, -0.25) is 10.1 Å². The minimum atomic E-state index is -0.323. The molecule has 4 heteroatoms. The summed E-state index contributed by atoms with van der Waals surface area (Å²) >= 11 is 0. The van der Waals surface area contributed by atoms with Crippen LogP contribution in [0.5, 0.6) is 0 Å². The lowest BCUT2D eigenvalue weighted by molar-refractivity contribution is 0.0947. The van der Waals surface area contributed by atoms with Crippen LogP contribution >= 0.6 is 0 Å². The molecule has 3 amide bonds. The van der Waals surface area contributed by atoms with E-state index in [4.69, 9.17) is 0 Å². The first kappa shape index (κ1) is 15.1. The minimum absolute atomic E-state index is 0.180. The molecule has 1 saturated heterocycles. The Bertz CT molecular complexity index is 596. The molecular formula is C18H24N2O2. The van der Waals surface area contributed by atoms with Crippen LogP contribution in [-0.4, -0.2) is 29.4 Å². The normalized spacial score (nSPS) is 29.2. The first-order valence-electron chi connectivity index (χ1n) is 7.95. The zero-order valence-corrected chi connectivity index (χ0v) is 13.6. The summed E-state index contributed by atoms with van der Waals surface area (Å²) < 4.78 is 0. The Morgan fingerprint density at radius 1 is 1.14 bits per heavy atom. The highest BCUT2D eigenvalue weighted by Crippen LogP contribution is 2.52. The first-order valence-corrected chi connectivity index (χ1v) is 7.95. The van der Waals surface area contributed by atoms with Gasteiger partial charge in [0.2, 0.25) is 0 Å². The molecule has 4 nitrogen and oxygen atoms in total. The minimum Gasteiger partial charge on any atom is -0.321 e. The molecular weight excluding hydrogens is 276 g/mol. The van der Waals surface area contributed by atoms with Crippen molar-refractivity contribution in [1.82, 2.24) is 10.2 Å². The monoisotopic (exact) mass is 300 g/mol. The van der Waals surface area contributed by atoms with Gasteiger partial charge in [0.15, 0.2) is 0 Å². The standard InChI is InChI=1S/C18H24N2O2/c1-17(2)9-14-10-18(3,11-17)12-20(14)16(22)19-15(21)13-7-5-4-6-8-13/h4-8,14H,9-12H2,1-3H3,(H,19,21,22)/t14-,18-/m0/s1. The Morgan fingerprint density at radius 2 is 1.82 bits per heavy atom. The third-order valence-corrected chi connectivity index (χ3v) is 4.93. The maximum Gasteiger partial charge on any atom is 0.324 e. The van der Waals surface area contributed by atoms with Crippen LogP contribution in [0.3, 0.4) is 0 Å². The van der Waals surface area contributed by atoms with E-state index in [2.05, 4.69) is 26.1 Å². The van der Waals surface area contributed by atoms with Crippen molar-refractivity contribution >= 4 is 11.9 Å². The second-order valence-electron chi connectivity index (χ2n) is 7.97. The molecule has 22 heavy (non-hydrogen) atoms. The van der Waals surface area contributed by atoms with Crippen molar-refractivity contribution in [3.63, 3.8) is 0 Å². The molecule has 1 saturated carbocycles. The molecule has 1 aliphatic carbocycles. The van der Waals surface area contributed by atoms with Crippen molar-refractivity contribution < 1.29 is 9.59 Å². The number of imide groups is 1. The van der Waals surface area contributed by atoms with E-state index in [1.54, 1.807) is 24.3 Å².